The van der Waals surface area contributed by atoms with Gasteiger partial charge in [-0.3, -0.25) is 4.79 Å². The fourth-order valence-electron chi connectivity index (χ4n) is 3.20. The maximum atomic E-state index is 10.6. The summed E-state index contributed by atoms with van der Waals surface area (Å²) in [6.07, 6.45) is 23.5. The molecule has 0 saturated carbocycles. The molecule has 1 amide bonds. The third-order valence-electron chi connectivity index (χ3n) is 4.92. The van der Waals surface area contributed by atoms with E-state index in [4.69, 9.17) is 5.73 Å². The van der Waals surface area contributed by atoms with Crippen molar-refractivity contribution in [1.82, 2.24) is 0 Å². The van der Waals surface area contributed by atoms with Gasteiger partial charge in [0.15, 0.2) is 0 Å². The van der Waals surface area contributed by atoms with Gasteiger partial charge in [0.2, 0.25) is 5.91 Å². The van der Waals surface area contributed by atoms with Crippen LogP contribution in [0.2, 0.25) is 0 Å². The summed E-state index contributed by atoms with van der Waals surface area (Å²) in [6.45, 7) is 2.59. The first-order valence-electron chi connectivity index (χ1n) is 10.7. The molecule has 0 aliphatic heterocycles. The van der Waals surface area contributed by atoms with Gasteiger partial charge in [0.1, 0.15) is 0 Å². The molecule has 0 fully saturated rings. The van der Waals surface area contributed by atoms with E-state index in [9.17, 15) is 9.90 Å². The van der Waals surface area contributed by atoms with E-state index >= 15 is 0 Å². The van der Waals surface area contributed by atoms with Crippen LogP contribution in [-0.2, 0) is 4.79 Å². The van der Waals surface area contributed by atoms with Crippen LogP contribution in [0.4, 0.5) is 0 Å². The van der Waals surface area contributed by atoms with Crippen molar-refractivity contribution < 1.29 is 9.90 Å². The second-order valence-corrected chi connectivity index (χ2v) is 7.43. The number of allylic oxidation sites excluding steroid dienone is 2. The molecule has 25 heavy (non-hydrogen) atoms. The molecule has 0 aromatic heterocycles. The molecule has 0 rings (SSSR count). The number of carbonyl (C=O) groups is 1. The zero-order chi connectivity index (χ0) is 18.6. The standard InChI is InChI=1S/C22H43NO2/c1-2-3-17-21(20-24)18-15-13-11-9-7-5-4-6-8-10-12-14-16-19-22(23)25/h4-5,21,24H,2-3,6-20H2,1H3,(H2,23,25)/b5-4+. The van der Waals surface area contributed by atoms with Crippen molar-refractivity contribution >= 4 is 5.91 Å². The van der Waals surface area contributed by atoms with Crippen molar-refractivity contribution in [2.45, 2.75) is 110 Å². The molecule has 0 heterocycles. The van der Waals surface area contributed by atoms with Crippen LogP contribution in [0.15, 0.2) is 12.2 Å². The van der Waals surface area contributed by atoms with E-state index in [1.807, 2.05) is 0 Å². The molecule has 3 heteroatoms. The lowest BCUT2D eigenvalue weighted by atomic mass is 9.96. The van der Waals surface area contributed by atoms with Gasteiger partial charge in [-0.15, -0.1) is 0 Å². The quantitative estimate of drug-likeness (QED) is 0.224. The van der Waals surface area contributed by atoms with Crippen LogP contribution in [0.5, 0.6) is 0 Å². The Labute approximate surface area is 156 Å². The Kier molecular flexibility index (Phi) is 18.8. The van der Waals surface area contributed by atoms with E-state index < -0.39 is 0 Å². The van der Waals surface area contributed by atoms with E-state index in [2.05, 4.69) is 19.1 Å². The zero-order valence-corrected chi connectivity index (χ0v) is 16.7. The van der Waals surface area contributed by atoms with Crippen LogP contribution < -0.4 is 5.73 Å². The molecule has 0 aliphatic carbocycles. The number of amides is 1. The third kappa shape index (κ3) is 19.3. The van der Waals surface area contributed by atoms with Crippen LogP contribution in [0, 0.1) is 5.92 Å². The fourth-order valence-corrected chi connectivity index (χ4v) is 3.20. The monoisotopic (exact) mass is 353 g/mol. The normalized spacial score (nSPS) is 12.7. The summed E-state index contributed by atoms with van der Waals surface area (Å²) < 4.78 is 0. The van der Waals surface area contributed by atoms with Gasteiger partial charge in [-0.2, -0.15) is 0 Å². The molecular weight excluding hydrogens is 310 g/mol. The Hall–Kier alpha value is -0.830. The van der Waals surface area contributed by atoms with Crippen molar-refractivity contribution in [2.75, 3.05) is 6.61 Å². The van der Waals surface area contributed by atoms with Gasteiger partial charge in [0, 0.05) is 13.0 Å². The van der Waals surface area contributed by atoms with Gasteiger partial charge in [-0.1, -0.05) is 70.4 Å². The van der Waals surface area contributed by atoms with Crippen molar-refractivity contribution in [3.05, 3.63) is 12.2 Å². The highest BCUT2D eigenvalue weighted by molar-refractivity contribution is 5.73. The lowest BCUT2D eigenvalue weighted by molar-refractivity contribution is -0.118. The maximum absolute atomic E-state index is 10.6. The van der Waals surface area contributed by atoms with Crippen LogP contribution in [0.25, 0.3) is 0 Å². The number of carbonyl (C=O) groups excluding carboxylic acids is 1. The summed E-state index contributed by atoms with van der Waals surface area (Å²) in [6, 6.07) is 0. The second-order valence-electron chi connectivity index (χ2n) is 7.43. The van der Waals surface area contributed by atoms with Crippen LogP contribution in [-0.4, -0.2) is 17.6 Å². The van der Waals surface area contributed by atoms with Crippen molar-refractivity contribution in [1.29, 1.82) is 0 Å². The predicted octanol–water partition coefficient (Wildman–Crippen LogP) is 5.90. The van der Waals surface area contributed by atoms with Gasteiger partial charge in [-0.25, -0.2) is 0 Å². The summed E-state index contributed by atoms with van der Waals surface area (Å²) in [5, 5.41) is 9.35. The first kappa shape index (κ1) is 24.2. The van der Waals surface area contributed by atoms with Crippen molar-refractivity contribution in [3.8, 4) is 0 Å². The molecular formula is C22H43NO2. The SMILES string of the molecule is CCCCC(CO)CCCCCC/C=C/CCCCCCCC(N)=O. The molecule has 0 aliphatic rings. The number of rotatable bonds is 19. The smallest absolute Gasteiger partial charge is 0.217 e. The largest absolute Gasteiger partial charge is 0.396 e. The number of aliphatic hydroxyl groups excluding tert-OH is 1. The number of aliphatic hydroxyl groups is 1. The van der Waals surface area contributed by atoms with E-state index in [0.717, 1.165) is 12.8 Å². The molecule has 0 saturated heterocycles. The van der Waals surface area contributed by atoms with Crippen LogP contribution in [0.3, 0.4) is 0 Å². The molecule has 1 unspecified atom stereocenters. The minimum atomic E-state index is -0.173. The van der Waals surface area contributed by atoms with Gasteiger partial charge < -0.3 is 10.8 Å². The first-order chi connectivity index (χ1) is 12.2. The number of hydrogen-bond acceptors (Lipinski definition) is 2. The second kappa shape index (κ2) is 19.5. The molecule has 3 nitrogen and oxygen atoms in total. The molecule has 148 valence electrons. The molecule has 0 bridgehead atoms. The Morgan fingerprint density at radius 1 is 0.840 bits per heavy atom. The molecule has 0 spiro atoms. The van der Waals surface area contributed by atoms with Crippen molar-refractivity contribution in [3.63, 3.8) is 0 Å². The molecule has 0 radical (unpaired) electrons. The molecule has 1 atom stereocenters. The molecule has 3 N–H and O–H groups in total. The number of primary amides is 1. The number of hydrogen-bond donors (Lipinski definition) is 2. The average Bonchev–Trinajstić information content (AvgIpc) is 2.60. The number of nitrogens with two attached hydrogens (primary N) is 1. The summed E-state index contributed by atoms with van der Waals surface area (Å²) in [5.74, 6) is 0.364. The summed E-state index contributed by atoms with van der Waals surface area (Å²) >= 11 is 0. The van der Waals surface area contributed by atoms with Gasteiger partial charge >= 0.3 is 0 Å². The van der Waals surface area contributed by atoms with E-state index in [-0.39, 0.29) is 5.91 Å². The maximum Gasteiger partial charge on any atom is 0.217 e. The Balaban J connectivity index is 3.26. The minimum Gasteiger partial charge on any atom is -0.396 e. The fraction of sp³-hybridized carbons (Fsp3) is 0.864. The van der Waals surface area contributed by atoms with Crippen LogP contribution >= 0.6 is 0 Å². The summed E-state index contributed by atoms with van der Waals surface area (Å²) in [4.78, 5) is 10.6. The number of unbranched alkanes of at least 4 members (excludes halogenated alkanes) is 10. The van der Waals surface area contributed by atoms with Gasteiger partial charge in [0.05, 0.1) is 0 Å². The Morgan fingerprint density at radius 2 is 1.36 bits per heavy atom. The predicted molar refractivity (Wildman–Crippen MR) is 108 cm³/mol. The van der Waals surface area contributed by atoms with E-state index in [0.29, 0.717) is 18.9 Å². The lowest BCUT2D eigenvalue weighted by Gasteiger charge is -2.12. The highest BCUT2D eigenvalue weighted by Crippen LogP contribution is 2.17. The summed E-state index contributed by atoms with van der Waals surface area (Å²) in [7, 11) is 0. The lowest BCUT2D eigenvalue weighted by Crippen LogP contribution is -2.09. The van der Waals surface area contributed by atoms with Gasteiger partial charge in [-0.05, 0) is 50.9 Å². The molecule has 0 aromatic rings. The van der Waals surface area contributed by atoms with Crippen LogP contribution in [0.1, 0.15) is 110 Å². The van der Waals surface area contributed by atoms with Gasteiger partial charge in [0.25, 0.3) is 0 Å². The Bertz CT molecular complexity index is 315. The van der Waals surface area contributed by atoms with E-state index in [1.54, 1.807) is 0 Å². The highest BCUT2D eigenvalue weighted by atomic mass is 16.3. The zero-order valence-electron chi connectivity index (χ0n) is 16.7. The van der Waals surface area contributed by atoms with Crippen molar-refractivity contribution in [2.24, 2.45) is 11.7 Å². The summed E-state index contributed by atoms with van der Waals surface area (Å²) in [5.41, 5.74) is 5.12. The third-order valence-corrected chi connectivity index (χ3v) is 4.92. The minimum absolute atomic E-state index is 0.173. The molecule has 0 aromatic carbocycles. The van der Waals surface area contributed by atoms with E-state index in [1.165, 1.54) is 83.5 Å². The first-order valence-corrected chi connectivity index (χ1v) is 10.7. The average molecular weight is 354 g/mol. The Morgan fingerprint density at radius 3 is 1.92 bits per heavy atom. The topological polar surface area (TPSA) is 63.3 Å². The highest BCUT2D eigenvalue weighted by Gasteiger charge is 2.05.